The Hall–Kier alpha value is -3.89. The van der Waals surface area contributed by atoms with Gasteiger partial charge in [-0.3, -0.25) is 4.98 Å². The van der Waals surface area contributed by atoms with Gasteiger partial charge < -0.3 is 19.8 Å². The zero-order valence-corrected chi connectivity index (χ0v) is 17.1. The number of imidazole rings is 1. The van der Waals surface area contributed by atoms with Gasteiger partial charge in [-0.15, -0.1) is 0 Å². The maximum Gasteiger partial charge on any atom is 0.201 e. The van der Waals surface area contributed by atoms with E-state index in [4.69, 9.17) is 19.7 Å². The monoisotopic (exact) mass is 411 g/mol. The molecule has 2 aliphatic rings. The third-order valence-electron chi connectivity index (χ3n) is 5.36. The van der Waals surface area contributed by atoms with Crippen LogP contribution in [0, 0.1) is 18.3 Å². The van der Waals surface area contributed by atoms with Crippen molar-refractivity contribution >= 4 is 11.5 Å². The molecular formula is C24H21N5O2. The molecule has 0 saturated carbocycles. The second kappa shape index (κ2) is 8.09. The van der Waals surface area contributed by atoms with Gasteiger partial charge in [0, 0.05) is 18.7 Å². The van der Waals surface area contributed by atoms with Gasteiger partial charge in [0.2, 0.25) is 5.95 Å². The number of benzene rings is 1. The van der Waals surface area contributed by atoms with Crippen molar-refractivity contribution in [2.45, 2.75) is 26.0 Å². The van der Waals surface area contributed by atoms with Crippen LogP contribution < -0.4 is 5.32 Å². The number of aromatic amines is 1. The highest BCUT2D eigenvalue weighted by molar-refractivity contribution is 5.79. The molecule has 1 aliphatic carbocycles. The van der Waals surface area contributed by atoms with Gasteiger partial charge in [0.25, 0.3) is 0 Å². The van der Waals surface area contributed by atoms with E-state index in [1.54, 1.807) is 0 Å². The molecule has 2 aromatic heterocycles. The SMILES string of the molecule is Cc1cccc(-c2[nH]c(NCc3ccc(C#N)cc3)nc2C2=CC=C3OCOC3C2)n1. The van der Waals surface area contributed by atoms with Gasteiger partial charge in [0.05, 0.1) is 28.7 Å². The number of hydrogen-bond acceptors (Lipinski definition) is 6. The van der Waals surface area contributed by atoms with Crippen molar-refractivity contribution < 1.29 is 9.47 Å². The standard InChI is InChI=1S/C24H21N5O2/c1-15-3-2-4-19(27-15)23-22(18-9-10-20-21(11-18)31-14-30-20)28-24(29-23)26-13-17-7-5-16(12-25)6-8-17/h2-10,21H,11,13-14H2,1H3,(H2,26,28,29). The molecular weight excluding hydrogens is 390 g/mol. The van der Waals surface area contributed by atoms with Gasteiger partial charge in [-0.1, -0.05) is 24.3 Å². The number of nitrogens with zero attached hydrogens (tertiary/aromatic N) is 3. The fraction of sp³-hybridized carbons (Fsp3) is 0.208. The number of allylic oxidation sites excluding steroid dienone is 2. The molecule has 154 valence electrons. The summed E-state index contributed by atoms with van der Waals surface area (Å²) in [5.74, 6) is 1.53. The maximum absolute atomic E-state index is 8.97. The van der Waals surface area contributed by atoms with Crippen molar-refractivity contribution in [2.75, 3.05) is 12.1 Å². The lowest BCUT2D eigenvalue weighted by Gasteiger charge is -2.15. The number of fused-ring (bicyclic) bond motifs is 1. The first-order valence-electron chi connectivity index (χ1n) is 10.1. The lowest BCUT2D eigenvalue weighted by Crippen LogP contribution is -2.12. The van der Waals surface area contributed by atoms with Gasteiger partial charge in [0.1, 0.15) is 11.9 Å². The maximum atomic E-state index is 8.97. The predicted octanol–water partition coefficient (Wildman–Crippen LogP) is 4.31. The summed E-state index contributed by atoms with van der Waals surface area (Å²) in [7, 11) is 0. The van der Waals surface area contributed by atoms with E-state index in [2.05, 4.69) is 21.4 Å². The highest BCUT2D eigenvalue weighted by Gasteiger charge is 2.29. The number of pyridine rings is 1. The van der Waals surface area contributed by atoms with Crippen LogP contribution in [0.1, 0.15) is 28.9 Å². The van der Waals surface area contributed by atoms with E-state index in [9.17, 15) is 0 Å². The number of rotatable bonds is 5. The van der Waals surface area contributed by atoms with Crippen LogP contribution >= 0.6 is 0 Å². The molecule has 5 rings (SSSR count). The molecule has 0 amide bonds. The molecule has 0 bridgehead atoms. The van der Waals surface area contributed by atoms with Crippen molar-refractivity contribution in [1.82, 2.24) is 15.0 Å². The number of anilines is 1. The van der Waals surface area contributed by atoms with Crippen molar-refractivity contribution in [3.63, 3.8) is 0 Å². The number of aromatic nitrogens is 3. The minimum atomic E-state index is -0.0647. The second-order valence-electron chi connectivity index (χ2n) is 7.52. The van der Waals surface area contributed by atoms with Crippen LogP contribution in [0.15, 0.2) is 60.4 Å². The van der Waals surface area contributed by atoms with Crippen LogP contribution in [0.25, 0.3) is 17.0 Å². The summed E-state index contributed by atoms with van der Waals surface area (Å²) in [5.41, 5.74) is 6.28. The van der Waals surface area contributed by atoms with Crippen molar-refractivity contribution in [3.8, 4) is 17.5 Å². The van der Waals surface area contributed by atoms with Crippen LogP contribution in [0.5, 0.6) is 0 Å². The van der Waals surface area contributed by atoms with Crippen molar-refractivity contribution in [3.05, 3.63) is 82.9 Å². The van der Waals surface area contributed by atoms with Crippen molar-refractivity contribution in [1.29, 1.82) is 5.26 Å². The third-order valence-corrected chi connectivity index (χ3v) is 5.36. The Labute approximate surface area is 180 Å². The molecule has 1 fully saturated rings. The first kappa shape index (κ1) is 19.1. The first-order chi connectivity index (χ1) is 15.2. The van der Waals surface area contributed by atoms with E-state index in [1.165, 1.54) is 0 Å². The number of aryl methyl sites for hydroxylation is 1. The summed E-state index contributed by atoms with van der Waals surface area (Å²) < 4.78 is 11.2. The van der Waals surface area contributed by atoms with Crippen LogP contribution in [0.2, 0.25) is 0 Å². The zero-order valence-electron chi connectivity index (χ0n) is 17.1. The molecule has 1 atom stereocenters. The van der Waals surface area contributed by atoms with E-state index in [1.807, 2.05) is 61.5 Å². The van der Waals surface area contributed by atoms with E-state index >= 15 is 0 Å². The molecule has 0 radical (unpaired) electrons. The Morgan fingerprint density at radius 1 is 1.16 bits per heavy atom. The average molecular weight is 411 g/mol. The third kappa shape index (κ3) is 3.93. The fourth-order valence-electron chi connectivity index (χ4n) is 3.74. The van der Waals surface area contributed by atoms with Gasteiger partial charge in [-0.2, -0.15) is 5.26 Å². The number of nitrogens with one attached hydrogen (secondary N) is 2. The predicted molar refractivity (Wildman–Crippen MR) is 117 cm³/mol. The van der Waals surface area contributed by atoms with Crippen LogP contribution in [-0.2, 0) is 16.0 Å². The van der Waals surface area contributed by atoms with E-state index in [0.717, 1.165) is 39.7 Å². The minimum absolute atomic E-state index is 0.0647. The van der Waals surface area contributed by atoms with Gasteiger partial charge in [-0.05, 0) is 48.4 Å². The topological polar surface area (TPSA) is 95.9 Å². The lowest BCUT2D eigenvalue weighted by atomic mass is 9.97. The van der Waals surface area contributed by atoms with E-state index in [-0.39, 0.29) is 6.10 Å². The molecule has 31 heavy (non-hydrogen) atoms. The summed E-state index contributed by atoms with van der Waals surface area (Å²) in [6.45, 7) is 2.85. The number of nitriles is 1. The molecule has 7 heteroatoms. The molecule has 7 nitrogen and oxygen atoms in total. The smallest absolute Gasteiger partial charge is 0.201 e. The summed E-state index contributed by atoms with van der Waals surface area (Å²) >= 11 is 0. The number of hydrogen-bond donors (Lipinski definition) is 2. The summed E-state index contributed by atoms with van der Waals surface area (Å²) in [4.78, 5) is 12.9. The number of H-pyrrole nitrogens is 1. The largest absolute Gasteiger partial charge is 0.469 e. The molecule has 2 N–H and O–H groups in total. The lowest BCUT2D eigenvalue weighted by molar-refractivity contribution is 0.0515. The van der Waals surface area contributed by atoms with Crippen molar-refractivity contribution in [2.24, 2.45) is 0 Å². The number of ether oxygens (including phenoxy) is 2. The fourth-order valence-corrected chi connectivity index (χ4v) is 3.74. The Bertz CT molecular complexity index is 1220. The van der Waals surface area contributed by atoms with Gasteiger partial charge in [-0.25, -0.2) is 4.98 Å². The first-order valence-corrected chi connectivity index (χ1v) is 10.1. The second-order valence-corrected chi connectivity index (χ2v) is 7.52. The Kier molecular flexibility index (Phi) is 4.98. The van der Waals surface area contributed by atoms with E-state index < -0.39 is 0 Å². The quantitative estimate of drug-likeness (QED) is 0.650. The Balaban J connectivity index is 1.46. The average Bonchev–Trinajstić information content (AvgIpc) is 3.44. The summed E-state index contributed by atoms with van der Waals surface area (Å²) in [6.07, 6.45) is 4.64. The van der Waals surface area contributed by atoms with Gasteiger partial charge in [0.15, 0.2) is 6.79 Å². The molecule has 1 aliphatic heterocycles. The highest BCUT2D eigenvalue weighted by Crippen LogP contribution is 2.36. The Morgan fingerprint density at radius 3 is 2.84 bits per heavy atom. The van der Waals surface area contributed by atoms with Crippen LogP contribution in [0.4, 0.5) is 5.95 Å². The van der Waals surface area contributed by atoms with Crippen LogP contribution in [0.3, 0.4) is 0 Å². The molecule has 1 unspecified atom stereocenters. The normalized spacial score (nSPS) is 17.2. The highest BCUT2D eigenvalue weighted by atomic mass is 16.7. The van der Waals surface area contributed by atoms with Gasteiger partial charge >= 0.3 is 0 Å². The minimum Gasteiger partial charge on any atom is -0.469 e. The zero-order chi connectivity index (χ0) is 21.2. The van der Waals surface area contributed by atoms with Crippen LogP contribution in [-0.4, -0.2) is 27.8 Å². The summed E-state index contributed by atoms with van der Waals surface area (Å²) in [5, 5.41) is 12.3. The Morgan fingerprint density at radius 2 is 2.03 bits per heavy atom. The molecule has 3 aromatic rings. The molecule has 1 saturated heterocycles. The molecule has 1 aromatic carbocycles. The summed E-state index contributed by atoms with van der Waals surface area (Å²) in [6, 6.07) is 15.6. The molecule has 3 heterocycles. The molecule has 0 spiro atoms. The van der Waals surface area contributed by atoms with E-state index in [0.29, 0.717) is 31.3 Å².